The summed E-state index contributed by atoms with van der Waals surface area (Å²) in [6, 6.07) is 1.92. The highest BCUT2D eigenvalue weighted by Gasteiger charge is 2.28. The molecule has 18 heavy (non-hydrogen) atoms. The number of nitrogens with zero attached hydrogens (tertiary/aromatic N) is 2. The van der Waals surface area contributed by atoms with Gasteiger partial charge in [-0.15, -0.1) is 0 Å². The standard InChI is InChI=1S/C12H20N4OS/c1-3-18-10-6-4-5-9(10)13-12(17)14-11-7-8-16(2)15-11/h7-10H,3-6H2,1-2H3,(H2,13,14,15,17)/t9-,10+/m1/s1. The number of urea groups is 1. The fourth-order valence-electron chi connectivity index (χ4n) is 2.31. The lowest BCUT2D eigenvalue weighted by atomic mass is 10.2. The van der Waals surface area contributed by atoms with Crippen molar-refractivity contribution in [1.82, 2.24) is 15.1 Å². The van der Waals surface area contributed by atoms with Gasteiger partial charge in [0.2, 0.25) is 0 Å². The molecular formula is C12H20N4OS. The maximum absolute atomic E-state index is 11.8. The van der Waals surface area contributed by atoms with Gasteiger partial charge in [-0.3, -0.25) is 10.00 Å². The van der Waals surface area contributed by atoms with Crippen molar-refractivity contribution in [2.45, 2.75) is 37.5 Å². The molecule has 2 N–H and O–H groups in total. The van der Waals surface area contributed by atoms with E-state index in [1.54, 1.807) is 16.9 Å². The molecule has 1 aliphatic rings. The third kappa shape index (κ3) is 3.41. The molecule has 0 radical (unpaired) electrons. The number of amides is 2. The smallest absolute Gasteiger partial charge is 0.320 e. The van der Waals surface area contributed by atoms with Gasteiger partial charge in [0.1, 0.15) is 0 Å². The van der Waals surface area contributed by atoms with Gasteiger partial charge in [0.15, 0.2) is 5.82 Å². The van der Waals surface area contributed by atoms with Gasteiger partial charge < -0.3 is 5.32 Å². The number of thioether (sulfide) groups is 1. The molecule has 0 aliphatic heterocycles. The molecule has 1 saturated carbocycles. The van der Waals surface area contributed by atoms with Crippen molar-refractivity contribution in [3.05, 3.63) is 12.3 Å². The molecule has 0 aromatic carbocycles. The molecule has 100 valence electrons. The Morgan fingerprint density at radius 2 is 2.44 bits per heavy atom. The summed E-state index contributed by atoms with van der Waals surface area (Å²) in [5.41, 5.74) is 0. The Morgan fingerprint density at radius 3 is 3.11 bits per heavy atom. The molecule has 2 amide bonds. The Labute approximate surface area is 112 Å². The normalized spacial score (nSPS) is 23.0. The number of anilines is 1. The quantitative estimate of drug-likeness (QED) is 0.880. The van der Waals surface area contributed by atoms with Crippen molar-refractivity contribution in [3.63, 3.8) is 0 Å². The zero-order valence-electron chi connectivity index (χ0n) is 10.8. The summed E-state index contributed by atoms with van der Waals surface area (Å²) in [6.45, 7) is 2.16. The van der Waals surface area contributed by atoms with Crippen LogP contribution in [0.1, 0.15) is 26.2 Å². The molecule has 1 aromatic heterocycles. The van der Waals surface area contributed by atoms with Crippen molar-refractivity contribution in [3.8, 4) is 0 Å². The Morgan fingerprint density at radius 1 is 1.61 bits per heavy atom. The minimum Gasteiger partial charge on any atom is -0.334 e. The van der Waals surface area contributed by atoms with Crippen molar-refractivity contribution in [2.75, 3.05) is 11.1 Å². The van der Waals surface area contributed by atoms with E-state index in [1.807, 2.05) is 18.8 Å². The first kappa shape index (κ1) is 13.3. The van der Waals surface area contributed by atoms with Gasteiger partial charge in [0, 0.05) is 30.6 Å². The predicted octanol–water partition coefficient (Wildman–Crippen LogP) is 2.22. The lowest BCUT2D eigenvalue weighted by molar-refractivity contribution is 0.248. The molecule has 0 spiro atoms. The van der Waals surface area contributed by atoms with E-state index in [2.05, 4.69) is 22.7 Å². The van der Waals surface area contributed by atoms with Crippen molar-refractivity contribution in [1.29, 1.82) is 0 Å². The Hall–Kier alpha value is -1.17. The Kier molecular flexibility index (Phi) is 4.52. The average Bonchev–Trinajstić information content (AvgIpc) is 2.90. The fourth-order valence-corrected chi connectivity index (χ4v) is 3.51. The van der Waals surface area contributed by atoms with Gasteiger partial charge in [-0.05, 0) is 18.6 Å². The topological polar surface area (TPSA) is 59.0 Å². The minimum atomic E-state index is -0.151. The van der Waals surface area contributed by atoms with E-state index in [0.717, 1.165) is 12.2 Å². The number of hydrogen-bond donors (Lipinski definition) is 2. The summed E-state index contributed by atoms with van der Waals surface area (Å²) >= 11 is 1.94. The lowest BCUT2D eigenvalue weighted by Crippen LogP contribution is -2.41. The van der Waals surface area contributed by atoms with Crippen LogP contribution in [-0.2, 0) is 7.05 Å². The fraction of sp³-hybridized carbons (Fsp3) is 0.667. The maximum Gasteiger partial charge on any atom is 0.320 e. The number of rotatable bonds is 4. The largest absolute Gasteiger partial charge is 0.334 e. The Bertz CT molecular complexity index is 407. The van der Waals surface area contributed by atoms with Crippen LogP contribution in [0.25, 0.3) is 0 Å². The molecule has 1 aliphatic carbocycles. The van der Waals surface area contributed by atoms with Gasteiger partial charge in [-0.1, -0.05) is 13.3 Å². The van der Waals surface area contributed by atoms with Gasteiger partial charge in [-0.25, -0.2) is 4.79 Å². The van der Waals surface area contributed by atoms with E-state index < -0.39 is 0 Å². The zero-order chi connectivity index (χ0) is 13.0. The van der Waals surface area contributed by atoms with Crippen molar-refractivity contribution in [2.24, 2.45) is 7.05 Å². The maximum atomic E-state index is 11.8. The third-order valence-electron chi connectivity index (χ3n) is 3.11. The lowest BCUT2D eigenvalue weighted by Gasteiger charge is -2.19. The molecule has 1 heterocycles. The van der Waals surface area contributed by atoms with Crippen molar-refractivity contribution < 1.29 is 4.79 Å². The van der Waals surface area contributed by atoms with Crippen LogP contribution in [0.5, 0.6) is 0 Å². The monoisotopic (exact) mass is 268 g/mol. The van der Waals surface area contributed by atoms with Gasteiger partial charge in [-0.2, -0.15) is 16.9 Å². The molecular weight excluding hydrogens is 248 g/mol. The summed E-state index contributed by atoms with van der Waals surface area (Å²) in [7, 11) is 1.83. The predicted molar refractivity (Wildman–Crippen MR) is 74.9 cm³/mol. The van der Waals surface area contributed by atoms with Crippen LogP contribution in [0.15, 0.2) is 12.3 Å². The second-order valence-corrected chi connectivity index (χ2v) is 6.02. The number of carbonyl (C=O) groups excluding carboxylic acids is 1. The second-order valence-electron chi connectivity index (χ2n) is 4.50. The van der Waals surface area contributed by atoms with E-state index in [-0.39, 0.29) is 6.03 Å². The van der Waals surface area contributed by atoms with E-state index >= 15 is 0 Å². The van der Waals surface area contributed by atoms with E-state index in [1.165, 1.54) is 12.8 Å². The van der Waals surface area contributed by atoms with Crippen LogP contribution in [0.2, 0.25) is 0 Å². The van der Waals surface area contributed by atoms with Crippen LogP contribution in [0.3, 0.4) is 0 Å². The summed E-state index contributed by atoms with van der Waals surface area (Å²) in [4.78, 5) is 11.8. The van der Waals surface area contributed by atoms with E-state index in [0.29, 0.717) is 17.1 Å². The minimum absolute atomic E-state index is 0.151. The Balaban J connectivity index is 1.83. The highest BCUT2D eigenvalue weighted by atomic mass is 32.2. The van der Waals surface area contributed by atoms with Crippen molar-refractivity contribution >= 4 is 23.6 Å². The highest BCUT2D eigenvalue weighted by molar-refractivity contribution is 7.99. The van der Waals surface area contributed by atoms with Crippen LogP contribution in [0.4, 0.5) is 10.6 Å². The first-order chi connectivity index (χ1) is 8.69. The van der Waals surface area contributed by atoms with Crippen LogP contribution >= 0.6 is 11.8 Å². The molecule has 0 saturated heterocycles. The van der Waals surface area contributed by atoms with Crippen LogP contribution in [-0.4, -0.2) is 32.9 Å². The molecule has 2 atom stereocenters. The first-order valence-corrected chi connectivity index (χ1v) is 7.42. The average molecular weight is 268 g/mol. The van der Waals surface area contributed by atoms with E-state index in [4.69, 9.17) is 0 Å². The molecule has 0 unspecified atom stereocenters. The zero-order valence-corrected chi connectivity index (χ0v) is 11.7. The second kappa shape index (κ2) is 6.13. The highest BCUT2D eigenvalue weighted by Crippen LogP contribution is 2.29. The summed E-state index contributed by atoms with van der Waals surface area (Å²) < 4.78 is 1.67. The SMILES string of the molecule is CCS[C@H]1CCC[C@H]1NC(=O)Nc1ccn(C)n1. The first-order valence-electron chi connectivity index (χ1n) is 6.38. The molecule has 1 aromatic rings. The van der Waals surface area contributed by atoms with E-state index in [9.17, 15) is 4.79 Å². The number of hydrogen-bond acceptors (Lipinski definition) is 3. The summed E-state index contributed by atoms with van der Waals surface area (Å²) in [5, 5.41) is 10.5. The molecule has 5 nitrogen and oxygen atoms in total. The molecule has 0 bridgehead atoms. The number of carbonyl (C=O) groups is 1. The van der Waals surface area contributed by atoms with Gasteiger partial charge in [0.25, 0.3) is 0 Å². The number of aryl methyl sites for hydroxylation is 1. The molecule has 1 fully saturated rings. The van der Waals surface area contributed by atoms with Crippen LogP contribution in [0, 0.1) is 0 Å². The molecule has 2 rings (SSSR count). The summed E-state index contributed by atoms with van der Waals surface area (Å²) in [6.07, 6.45) is 5.29. The number of nitrogens with one attached hydrogen (secondary N) is 2. The summed E-state index contributed by atoms with van der Waals surface area (Å²) in [5.74, 6) is 1.69. The third-order valence-corrected chi connectivity index (χ3v) is 4.43. The van der Waals surface area contributed by atoms with Gasteiger partial charge in [0.05, 0.1) is 0 Å². The number of aromatic nitrogens is 2. The van der Waals surface area contributed by atoms with Gasteiger partial charge >= 0.3 is 6.03 Å². The van der Waals surface area contributed by atoms with Crippen LogP contribution < -0.4 is 10.6 Å². The molecule has 6 heteroatoms.